The topological polar surface area (TPSA) is 52.7 Å². The van der Waals surface area contributed by atoms with Crippen molar-refractivity contribution >= 4 is 23.5 Å². The van der Waals surface area contributed by atoms with Gasteiger partial charge in [-0.05, 0) is 38.0 Å². The number of carbonyl (C=O) groups excluding carboxylic acids is 2. The molecule has 3 amide bonds. The Kier molecular flexibility index (Phi) is 7.15. The molecule has 0 aliphatic carbocycles. The van der Waals surface area contributed by atoms with E-state index in [1.807, 2.05) is 49.1 Å². The van der Waals surface area contributed by atoms with Crippen LogP contribution >= 0.6 is 11.6 Å². The summed E-state index contributed by atoms with van der Waals surface area (Å²) in [6.07, 6.45) is 0.689. The summed E-state index contributed by atoms with van der Waals surface area (Å²) in [6, 6.07) is 15.8. The third kappa shape index (κ3) is 5.30. The number of alkyl halides is 1. The van der Waals surface area contributed by atoms with Crippen molar-refractivity contribution in [3.8, 4) is 0 Å². The summed E-state index contributed by atoms with van der Waals surface area (Å²) in [7, 11) is 0. The summed E-state index contributed by atoms with van der Waals surface area (Å²) in [5.41, 5.74) is 3.93. The van der Waals surface area contributed by atoms with Crippen molar-refractivity contribution in [1.29, 1.82) is 0 Å². The summed E-state index contributed by atoms with van der Waals surface area (Å²) in [5.74, 6) is 0.387. The maximum atomic E-state index is 13.5. The van der Waals surface area contributed by atoms with Crippen LogP contribution in [0.4, 0.5) is 4.79 Å². The third-order valence-electron chi connectivity index (χ3n) is 5.23. The van der Waals surface area contributed by atoms with Crippen molar-refractivity contribution in [3.63, 3.8) is 0 Å². The molecule has 29 heavy (non-hydrogen) atoms. The zero-order valence-corrected chi connectivity index (χ0v) is 17.8. The minimum Gasteiger partial charge on any atom is -0.337 e. The van der Waals surface area contributed by atoms with Crippen LogP contribution in [0.2, 0.25) is 0 Å². The van der Waals surface area contributed by atoms with Gasteiger partial charge >= 0.3 is 6.03 Å². The highest BCUT2D eigenvalue weighted by Gasteiger charge is 2.31. The summed E-state index contributed by atoms with van der Waals surface area (Å²) >= 11 is 5.69. The fourth-order valence-electron chi connectivity index (χ4n) is 3.93. The second-order valence-electron chi connectivity index (χ2n) is 7.50. The number of hydrogen-bond acceptors (Lipinski definition) is 2. The van der Waals surface area contributed by atoms with Crippen LogP contribution < -0.4 is 5.32 Å². The van der Waals surface area contributed by atoms with Crippen LogP contribution in [0.5, 0.6) is 0 Å². The molecule has 1 heterocycles. The number of urea groups is 1. The molecule has 154 valence electrons. The molecule has 2 aromatic rings. The largest absolute Gasteiger partial charge is 0.337 e. The van der Waals surface area contributed by atoms with Gasteiger partial charge in [-0.3, -0.25) is 4.79 Å². The molecule has 3 rings (SSSR count). The number of carbonyl (C=O) groups is 2. The Balaban J connectivity index is 1.88. The van der Waals surface area contributed by atoms with Crippen LogP contribution in [0.3, 0.4) is 0 Å². The van der Waals surface area contributed by atoms with Crippen LogP contribution in [0.25, 0.3) is 0 Å². The van der Waals surface area contributed by atoms with Crippen molar-refractivity contribution in [1.82, 2.24) is 15.1 Å². The molecule has 5 nitrogen and oxygen atoms in total. The van der Waals surface area contributed by atoms with Gasteiger partial charge in [0.2, 0.25) is 0 Å². The molecule has 0 radical (unpaired) electrons. The van der Waals surface area contributed by atoms with Gasteiger partial charge in [0.1, 0.15) is 0 Å². The first-order chi connectivity index (χ1) is 14.0. The van der Waals surface area contributed by atoms with Gasteiger partial charge in [0, 0.05) is 37.6 Å². The van der Waals surface area contributed by atoms with Gasteiger partial charge in [-0.2, -0.15) is 0 Å². The van der Waals surface area contributed by atoms with Crippen molar-refractivity contribution in [2.75, 3.05) is 32.1 Å². The lowest BCUT2D eigenvalue weighted by molar-refractivity contribution is 0.0685. The van der Waals surface area contributed by atoms with Crippen LogP contribution in [-0.2, 0) is 0 Å². The molecule has 1 aliphatic heterocycles. The predicted octanol–water partition coefficient (Wildman–Crippen LogP) is 4.14. The number of halogens is 1. The van der Waals surface area contributed by atoms with E-state index in [0.29, 0.717) is 44.0 Å². The molecular weight excluding hydrogens is 386 g/mol. The number of hydrogen-bond donors (Lipinski definition) is 1. The van der Waals surface area contributed by atoms with Gasteiger partial charge in [0.15, 0.2) is 0 Å². The van der Waals surface area contributed by atoms with Gasteiger partial charge in [0.05, 0.1) is 6.04 Å². The van der Waals surface area contributed by atoms with Gasteiger partial charge in [0.25, 0.3) is 5.91 Å². The SMILES string of the molecule is Cc1cc(C)cc(C(=O)N2CCN(C(=O)NCCCl)CCC2c2ccccc2)c1. The Morgan fingerprint density at radius 2 is 1.72 bits per heavy atom. The Morgan fingerprint density at radius 3 is 2.38 bits per heavy atom. The van der Waals surface area contributed by atoms with Gasteiger partial charge in [-0.25, -0.2) is 4.79 Å². The van der Waals surface area contributed by atoms with Crippen molar-refractivity contribution in [3.05, 3.63) is 70.8 Å². The zero-order valence-electron chi connectivity index (χ0n) is 17.0. The van der Waals surface area contributed by atoms with E-state index in [4.69, 9.17) is 11.6 Å². The molecule has 1 fully saturated rings. The van der Waals surface area contributed by atoms with Gasteiger partial charge in [-0.1, -0.05) is 47.5 Å². The van der Waals surface area contributed by atoms with E-state index in [1.165, 1.54) is 0 Å². The van der Waals surface area contributed by atoms with E-state index in [9.17, 15) is 9.59 Å². The van der Waals surface area contributed by atoms with Crippen LogP contribution in [0.15, 0.2) is 48.5 Å². The molecular formula is C23H28ClN3O2. The fourth-order valence-corrected chi connectivity index (χ4v) is 4.02. The molecule has 1 atom stereocenters. The quantitative estimate of drug-likeness (QED) is 0.766. The number of rotatable bonds is 4. The number of nitrogens with one attached hydrogen (secondary N) is 1. The smallest absolute Gasteiger partial charge is 0.317 e. The predicted molar refractivity (Wildman–Crippen MR) is 116 cm³/mol. The highest BCUT2D eigenvalue weighted by Crippen LogP contribution is 2.29. The maximum absolute atomic E-state index is 13.5. The highest BCUT2D eigenvalue weighted by atomic mass is 35.5. The second kappa shape index (κ2) is 9.79. The Bertz CT molecular complexity index is 836. The Labute approximate surface area is 177 Å². The van der Waals surface area contributed by atoms with Crippen LogP contribution in [0.1, 0.15) is 39.5 Å². The molecule has 1 unspecified atom stereocenters. The molecule has 6 heteroatoms. The first kappa shape index (κ1) is 21.2. The monoisotopic (exact) mass is 413 g/mol. The van der Waals surface area contributed by atoms with Crippen molar-refractivity contribution in [2.45, 2.75) is 26.3 Å². The van der Waals surface area contributed by atoms with Crippen molar-refractivity contribution in [2.24, 2.45) is 0 Å². The summed E-state index contributed by atoms with van der Waals surface area (Å²) in [4.78, 5) is 29.6. The Morgan fingerprint density at radius 1 is 1.03 bits per heavy atom. The summed E-state index contributed by atoms with van der Waals surface area (Å²) in [6.45, 7) is 6.01. The highest BCUT2D eigenvalue weighted by molar-refractivity contribution is 6.18. The third-order valence-corrected chi connectivity index (χ3v) is 5.42. The normalized spacial score (nSPS) is 17.0. The average molecular weight is 414 g/mol. The fraction of sp³-hybridized carbons (Fsp3) is 0.391. The number of nitrogens with zero attached hydrogens (tertiary/aromatic N) is 2. The molecule has 0 bridgehead atoms. The average Bonchev–Trinajstić information content (AvgIpc) is 2.94. The second-order valence-corrected chi connectivity index (χ2v) is 7.88. The Hall–Kier alpha value is -2.53. The molecule has 0 saturated carbocycles. The summed E-state index contributed by atoms with van der Waals surface area (Å²) < 4.78 is 0. The molecule has 2 aromatic carbocycles. The molecule has 1 N–H and O–H groups in total. The maximum Gasteiger partial charge on any atom is 0.317 e. The van der Waals surface area contributed by atoms with Gasteiger partial charge in [-0.15, -0.1) is 11.6 Å². The lowest BCUT2D eigenvalue weighted by Gasteiger charge is -2.30. The minimum atomic E-state index is -0.127. The summed E-state index contributed by atoms with van der Waals surface area (Å²) in [5, 5.41) is 2.83. The zero-order chi connectivity index (χ0) is 20.8. The van der Waals surface area contributed by atoms with Crippen LogP contribution in [-0.4, -0.2) is 53.8 Å². The van der Waals surface area contributed by atoms with Crippen LogP contribution in [0, 0.1) is 13.8 Å². The van der Waals surface area contributed by atoms with E-state index in [1.54, 1.807) is 4.90 Å². The van der Waals surface area contributed by atoms with Gasteiger partial charge < -0.3 is 15.1 Å². The van der Waals surface area contributed by atoms with E-state index >= 15 is 0 Å². The number of aryl methyl sites for hydroxylation is 2. The number of amides is 3. The first-order valence-corrected chi connectivity index (χ1v) is 10.6. The molecule has 1 aliphatic rings. The lowest BCUT2D eigenvalue weighted by Crippen LogP contribution is -2.43. The van der Waals surface area contributed by atoms with Crippen molar-refractivity contribution < 1.29 is 9.59 Å². The lowest BCUT2D eigenvalue weighted by atomic mass is 10.00. The van der Waals surface area contributed by atoms with E-state index in [2.05, 4.69) is 23.5 Å². The van der Waals surface area contributed by atoms with E-state index in [-0.39, 0.29) is 18.0 Å². The molecule has 1 saturated heterocycles. The first-order valence-electron chi connectivity index (χ1n) is 10.0. The van der Waals surface area contributed by atoms with E-state index < -0.39 is 0 Å². The molecule has 0 spiro atoms. The molecule has 0 aromatic heterocycles. The number of benzene rings is 2. The van der Waals surface area contributed by atoms with E-state index in [0.717, 1.165) is 16.7 Å². The minimum absolute atomic E-state index is 0.00803. The standard InChI is InChI=1S/C23H28ClN3O2/c1-17-14-18(2)16-20(15-17)22(28)27-13-12-26(23(29)25-10-9-24)11-8-21(27)19-6-4-3-5-7-19/h3-7,14-16,21H,8-13H2,1-2H3,(H,25,29).